The summed E-state index contributed by atoms with van der Waals surface area (Å²) < 4.78 is 82.4. The highest BCUT2D eigenvalue weighted by molar-refractivity contribution is 7.57. The average Bonchev–Trinajstić information content (AvgIpc) is 3.61. The molecule has 1 aromatic heterocycles. The monoisotopic (exact) mass is 995 g/mol. The summed E-state index contributed by atoms with van der Waals surface area (Å²) in [6, 6.07) is 20.7. The van der Waals surface area contributed by atoms with Crippen molar-refractivity contribution in [2.24, 2.45) is 0 Å². The number of fused-ring (bicyclic) bond motifs is 2. The summed E-state index contributed by atoms with van der Waals surface area (Å²) in [5.41, 5.74) is 0.577. The Morgan fingerprint density at radius 2 is 1.70 bits per heavy atom. The van der Waals surface area contributed by atoms with Gasteiger partial charge in [-0.25, -0.2) is 9.48 Å². The number of ether oxygens (including phenoxy) is 1. The highest BCUT2D eigenvalue weighted by atomic mass is 32.1. The van der Waals surface area contributed by atoms with Gasteiger partial charge in [-0.3, -0.25) is 23.7 Å². The van der Waals surface area contributed by atoms with Gasteiger partial charge >= 0.3 is 19.7 Å². The molecular formula is C51H62F4N5O7PS. The topological polar surface area (TPSA) is 138 Å². The molecule has 0 radical (unpaired) electrons. The van der Waals surface area contributed by atoms with E-state index in [0.29, 0.717) is 48.7 Å². The first-order valence-electron chi connectivity index (χ1n) is 24.1. The molecule has 0 bridgehead atoms. The first kappa shape index (κ1) is 50.6. The van der Waals surface area contributed by atoms with Crippen molar-refractivity contribution in [1.29, 1.82) is 0 Å². The van der Waals surface area contributed by atoms with E-state index in [2.05, 4.69) is 29.5 Å². The number of benzene rings is 3. The number of amides is 3. The lowest BCUT2D eigenvalue weighted by molar-refractivity contribution is -0.148. The number of nitrogens with one attached hydrogen (secondary N) is 2. The summed E-state index contributed by atoms with van der Waals surface area (Å²) in [7, 11) is -2.73. The predicted molar refractivity (Wildman–Crippen MR) is 257 cm³/mol. The zero-order valence-electron chi connectivity index (χ0n) is 39.5. The summed E-state index contributed by atoms with van der Waals surface area (Å²) in [4.78, 5) is 62.7. The summed E-state index contributed by atoms with van der Waals surface area (Å²) in [6.07, 6.45) is -0.0694. The van der Waals surface area contributed by atoms with E-state index in [1.807, 2.05) is 34.9 Å². The zero-order chi connectivity index (χ0) is 49.3. The summed E-state index contributed by atoms with van der Waals surface area (Å²) in [5.74, 6) is -3.88. The number of para-hydroxylation sites is 1. The number of halogens is 4. The number of alkyl halides is 4. The van der Waals surface area contributed by atoms with Crippen LogP contribution in [0.4, 0.5) is 17.6 Å². The van der Waals surface area contributed by atoms with E-state index in [1.165, 1.54) is 31.2 Å². The number of likely N-dealkylation sites (tertiary alicyclic amines) is 1. The normalized spacial score (nSPS) is 25.1. The maximum atomic E-state index is 16.7. The molecule has 1 unspecified atom stereocenters. The van der Waals surface area contributed by atoms with Crippen molar-refractivity contribution >= 4 is 52.6 Å². The van der Waals surface area contributed by atoms with Gasteiger partial charge in [0.2, 0.25) is 17.7 Å². The van der Waals surface area contributed by atoms with Crippen molar-refractivity contribution in [2.75, 3.05) is 26.7 Å². The Labute approximate surface area is 405 Å². The van der Waals surface area contributed by atoms with E-state index >= 15 is 4.39 Å². The molecule has 4 aromatic rings. The zero-order valence-corrected chi connectivity index (χ0v) is 41.2. The van der Waals surface area contributed by atoms with Gasteiger partial charge in [0.25, 0.3) is 5.91 Å². The minimum absolute atomic E-state index is 0.0282. The highest BCUT2D eigenvalue weighted by Gasteiger charge is 2.62. The van der Waals surface area contributed by atoms with Gasteiger partial charge in [-0.1, -0.05) is 68.4 Å². The van der Waals surface area contributed by atoms with E-state index in [-0.39, 0.29) is 77.0 Å². The molecule has 4 fully saturated rings. The Morgan fingerprint density at radius 1 is 0.986 bits per heavy atom. The van der Waals surface area contributed by atoms with Gasteiger partial charge in [0.1, 0.15) is 23.9 Å². The van der Waals surface area contributed by atoms with E-state index in [9.17, 15) is 36.9 Å². The lowest BCUT2D eigenvalue weighted by Gasteiger charge is -2.41. The Bertz CT molecular complexity index is 2550. The molecule has 1 saturated carbocycles. The standard InChI is InChI=1S/C51H62F4N5O7PS/c1-5-27-66-48(64)33(2)57-68(65,67-39-15-10-7-11-16-39)44(52)34-17-22-42-35(28-34)29-43(69-42)45(61)56-40-20-18-37(58(4)26-12-23-51(53,54)55)30-38-19-21-41(60(38)46(40)62)47(63)59-32-49(3,31-50(59)24-25-50)36-13-8-6-9-14-36/h6-11,13-17,22,28-29,33,37-38,40-41,44H,5,12,18-21,23-27,30-32H2,1-4H3,(H,56,61)(H,57,65)/t33-,37-,38+,40-,41-,44+,49+,68?/m0/s1. The van der Waals surface area contributed by atoms with E-state index < -0.39 is 56.0 Å². The third-order valence-corrected chi connectivity index (χ3v) is 17.7. The first-order valence-corrected chi connectivity index (χ1v) is 26.6. The molecule has 3 amide bonds. The molecule has 3 saturated heterocycles. The third-order valence-electron chi connectivity index (χ3n) is 14.4. The van der Waals surface area contributed by atoms with Crippen LogP contribution in [-0.4, -0.2) is 107 Å². The number of hydrogen-bond donors (Lipinski definition) is 2. The molecule has 8 atom stereocenters. The molecular weight excluding hydrogens is 934 g/mol. The summed E-state index contributed by atoms with van der Waals surface area (Å²) >= 11 is 1.12. The molecule has 69 heavy (non-hydrogen) atoms. The fraction of sp³-hybridized carbons (Fsp3) is 0.529. The molecule has 3 aromatic carbocycles. The Kier molecular flexibility index (Phi) is 15.0. The van der Waals surface area contributed by atoms with Crippen LogP contribution in [0.3, 0.4) is 0 Å². The Balaban J connectivity index is 1.03. The van der Waals surface area contributed by atoms with Crippen LogP contribution in [0.1, 0.15) is 118 Å². The van der Waals surface area contributed by atoms with Gasteiger partial charge in [0.15, 0.2) is 0 Å². The minimum atomic E-state index is -4.52. The number of rotatable bonds is 17. The van der Waals surface area contributed by atoms with Crippen LogP contribution < -0.4 is 14.9 Å². The van der Waals surface area contributed by atoms with Gasteiger partial charge in [-0.15, -0.1) is 11.3 Å². The van der Waals surface area contributed by atoms with Gasteiger partial charge in [0.05, 0.1) is 11.5 Å². The van der Waals surface area contributed by atoms with Gasteiger partial charge in [0, 0.05) is 40.7 Å². The smallest absolute Gasteiger partial charge is 0.389 e. The lowest BCUT2D eigenvalue weighted by atomic mass is 9.80. The van der Waals surface area contributed by atoms with E-state index in [1.54, 1.807) is 42.3 Å². The number of thiophene rings is 1. The van der Waals surface area contributed by atoms with Crippen LogP contribution in [0.2, 0.25) is 0 Å². The van der Waals surface area contributed by atoms with Crippen molar-refractivity contribution in [2.45, 2.75) is 145 Å². The second-order valence-electron chi connectivity index (χ2n) is 19.7. The molecule has 3 aliphatic heterocycles. The number of carbonyl (C=O) groups is 4. The molecule has 18 heteroatoms. The Morgan fingerprint density at radius 3 is 2.38 bits per heavy atom. The number of nitrogens with zero attached hydrogens (tertiary/aromatic N) is 3. The highest BCUT2D eigenvalue weighted by Crippen LogP contribution is 2.59. The Hall–Kier alpha value is -4.83. The maximum Gasteiger partial charge on any atom is 0.389 e. The molecule has 1 spiro atoms. The van der Waals surface area contributed by atoms with Crippen molar-refractivity contribution in [3.05, 3.63) is 101 Å². The van der Waals surface area contributed by atoms with Crippen LogP contribution in [0, 0.1) is 0 Å². The van der Waals surface area contributed by atoms with Crippen LogP contribution in [-0.2, 0) is 29.1 Å². The molecule has 1 aliphatic carbocycles. The van der Waals surface area contributed by atoms with Crippen molar-refractivity contribution in [1.82, 2.24) is 25.1 Å². The second-order valence-corrected chi connectivity index (χ2v) is 22.9. The number of hydrogen-bond acceptors (Lipinski definition) is 9. The quantitative estimate of drug-likeness (QED) is 0.0602. The molecule has 8 rings (SSSR count). The molecule has 2 N–H and O–H groups in total. The molecule has 372 valence electrons. The molecule has 12 nitrogen and oxygen atoms in total. The van der Waals surface area contributed by atoms with Crippen molar-refractivity contribution in [3.8, 4) is 5.75 Å². The van der Waals surface area contributed by atoms with Gasteiger partial charge in [-0.2, -0.15) is 13.2 Å². The van der Waals surface area contributed by atoms with Gasteiger partial charge < -0.3 is 29.3 Å². The SMILES string of the molecule is CCCOC(=O)[C@H](C)NP(=O)(Oc1ccccc1)[C@@H](F)c1ccc2sc(C(=O)N[C@H]3CC[C@H](N(C)CCCC(F)(F)F)C[C@H]4CC[C@@H](C(=O)N5C[C@](C)(c6ccccc6)CC56CC6)N4C3=O)cc2c1. The van der Waals surface area contributed by atoms with Crippen LogP contribution in [0.25, 0.3) is 10.1 Å². The fourth-order valence-corrected chi connectivity index (χ4v) is 13.6. The number of esters is 1. The second kappa shape index (κ2) is 20.5. The summed E-state index contributed by atoms with van der Waals surface area (Å²) in [5, 5.41) is 6.01. The fourth-order valence-electron chi connectivity index (χ4n) is 10.7. The maximum absolute atomic E-state index is 16.7. The van der Waals surface area contributed by atoms with Gasteiger partial charge in [-0.05, 0) is 132 Å². The van der Waals surface area contributed by atoms with Crippen molar-refractivity contribution < 1.29 is 50.6 Å². The first-order chi connectivity index (χ1) is 32.8. The molecule has 4 aliphatic rings. The minimum Gasteiger partial charge on any atom is -0.465 e. The lowest BCUT2D eigenvalue weighted by Crippen LogP contribution is -2.59. The largest absolute Gasteiger partial charge is 0.465 e. The predicted octanol–water partition coefficient (Wildman–Crippen LogP) is 10.1. The third kappa shape index (κ3) is 11.2. The number of carbonyl (C=O) groups excluding carboxylic acids is 4. The van der Waals surface area contributed by atoms with E-state index in [4.69, 9.17) is 9.26 Å². The molecule has 4 heterocycles. The van der Waals surface area contributed by atoms with Crippen molar-refractivity contribution in [3.63, 3.8) is 0 Å². The van der Waals surface area contributed by atoms with Crippen LogP contribution in [0.5, 0.6) is 5.75 Å². The average molecular weight is 996 g/mol. The summed E-state index contributed by atoms with van der Waals surface area (Å²) in [6.45, 7) is 6.27. The van der Waals surface area contributed by atoms with Crippen LogP contribution >= 0.6 is 18.9 Å². The van der Waals surface area contributed by atoms with Crippen LogP contribution in [0.15, 0.2) is 84.9 Å². The van der Waals surface area contributed by atoms with E-state index in [0.717, 1.165) is 36.2 Å².